The summed E-state index contributed by atoms with van der Waals surface area (Å²) in [5.74, 6) is 5.49. The minimum Gasteiger partial charge on any atom is -0.310 e. The number of fused-ring (bicyclic) bond motifs is 5. The molecule has 1 heteroatoms. The Morgan fingerprint density at radius 2 is 1.95 bits per heavy atom. The van der Waals surface area contributed by atoms with Gasteiger partial charge in [0.2, 0.25) is 0 Å². The van der Waals surface area contributed by atoms with Crippen molar-refractivity contribution in [1.82, 2.24) is 5.32 Å². The molecule has 19 heavy (non-hydrogen) atoms. The Morgan fingerprint density at radius 1 is 1.16 bits per heavy atom. The van der Waals surface area contributed by atoms with Crippen LogP contribution in [0.1, 0.15) is 58.3 Å². The molecule has 0 aromatic rings. The molecule has 5 unspecified atom stereocenters. The van der Waals surface area contributed by atoms with Crippen LogP contribution in [-0.2, 0) is 0 Å². The van der Waals surface area contributed by atoms with Gasteiger partial charge in [0, 0.05) is 6.04 Å². The van der Waals surface area contributed by atoms with Crippen molar-refractivity contribution >= 4 is 0 Å². The van der Waals surface area contributed by atoms with Gasteiger partial charge in [-0.05, 0) is 81.1 Å². The third-order valence-electron chi connectivity index (χ3n) is 6.58. The highest BCUT2D eigenvalue weighted by molar-refractivity contribution is 5.24. The lowest BCUT2D eigenvalue weighted by Gasteiger charge is -2.24. The highest BCUT2D eigenvalue weighted by Crippen LogP contribution is 2.70. The topological polar surface area (TPSA) is 12.0 Å². The number of allylic oxidation sites excluding steroid dienone is 1. The average Bonchev–Trinajstić information content (AvgIpc) is 2.99. The van der Waals surface area contributed by atoms with E-state index in [1.54, 1.807) is 24.8 Å². The van der Waals surface area contributed by atoms with Gasteiger partial charge < -0.3 is 5.32 Å². The van der Waals surface area contributed by atoms with Crippen LogP contribution in [-0.4, -0.2) is 12.6 Å². The fraction of sp³-hybridized carbons (Fsp3) is 0.889. The SMILES string of the molecule is CCNC(C1=CCCCCC1)C1C2C3CCC(C3)C21. The van der Waals surface area contributed by atoms with Gasteiger partial charge in [-0.15, -0.1) is 0 Å². The first kappa shape index (κ1) is 12.4. The predicted molar refractivity (Wildman–Crippen MR) is 79.9 cm³/mol. The van der Waals surface area contributed by atoms with Gasteiger partial charge in [-0.2, -0.15) is 0 Å². The maximum absolute atomic E-state index is 3.87. The molecule has 5 atom stereocenters. The Bertz CT molecular complexity index is 356. The smallest absolute Gasteiger partial charge is 0.0313 e. The number of hydrogen-bond donors (Lipinski definition) is 1. The van der Waals surface area contributed by atoms with Crippen molar-refractivity contribution in [2.45, 2.75) is 64.3 Å². The number of hydrogen-bond acceptors (Lipinski definition) is 1. The molecule has 1 nitrogen and oxygen atoms in total. The van der Waals surface area contributed by atoms with Gasteiger partial charge in [-0.3, -0.25) is 0 Å². The Kier molecular flexibility index (Phi) is 3.22. The van der Waals surface area contributed by atoms with Crippen molar-refractivity contribution in [2.24, 2.45) is 29.6 Å². The predicted octanol–water partition coefficient (Wildman–Crippen LogP) is 4.15. The molecule has 0 saturated heterocycles. The lowest BCUT2D eigenvalue weighted by molar-refractivity contribution is 0.390. The molecule has 106 valence electrons. The molecule has 0 aliphatic heterocycles. The summed E-state index contributed by atoms with van der Waals surface area (Å²) in [6.07, 6.45) is 14.3. The highest BCUT2D eigenvalue weighted by Gasteiger charge is 2.66. The van der Waals surface area contributed by atoms with E-state index in [1.165, 1.54) is 32.1 Å². The molecule has 0 spiro atoms. The second-order valence-corrected chi connectivity index (χ2v) is 7.48. The summed E-state index contributed by atoms with van der Waals surface area (Å²) in [5.41, 5.74) is 1.79. The van der Waals surface area contributed by atoms with Crippen LogP contribution in [0, 0.1) is 29.6 Å². The monoisotopic (exact) mass is 259 g/mol. The van der Waals surface area contributed by atoms with Gasteiger partial charge in [0.1, 0.15) is 0 Å². The van der Waals surface area contributed by atoms with Crippen LogP contribution in [0.5, 0.6) is 0 Å². The van der Waals surface area contributed by atoms with Crippen LogP contribution in [0.2, 0.25) is 0 Å². The fourth-order valence-corrected chi connectivity index (χ4v) is 5.89. The molecule has 4 aliphatic carbocycles. The maximum atomic E-state index is 3.87. The molecular formula is C18H29N. The van der Waals surface area contributed by atoms with Gasteiger partial charge in [-0.25, -0.2) is 0 Å². The zero-order chi connectivity index (χ0) is 12.8. The molecule has 0 radical (unpaired) electrons. The van der Waals surface area contributed by atoms with E-state index in [0.29, 0.717) is 0 Å². The number of nitrogens with one attached hydrogen (secondary N) is 1. The largest absolute Gasteiger partial charge is 0.310 e. The average molecular weight is 259 g/mol. The second kappa shape index (κ2) is 4.91. The third-order valence-corrected chi connectivity index (χ3v) is 6.58. The van der Waals surface area contributed by atoms with Gasteiger partial charge >= 0.3 is 0 Å². The van der Waals surface area contributed by atoms with Crippen molar-refractivity contribution in [2.75, 3.05) is 6.54 Å². The summed E-state index contributed by atoms with van der Waals surface area (Å²) in [7, 11) is 0. The van der Waals surface area contributed by atoms with E-state index in [1.807, 2.05) is 0 Å². The minimum atomic E-state index is 0.751. The Morgan fingerprint density at radius 3 is 2.68 bits per heavy atom. The first-order valence-corrected chi connectivity index (χ1v) is 8.82. The standard InChI is InChI=1S/C18H29N/c1-2-19-18(12-7-5-3-4-6-8-12)17-15-13-9-10-14(11-13)16(15)17/h7,13-19H,2-6,8-11H2,1H3. The van der Waals surface area contributed by atoms with Gasteiger partial charge in [0.25, 0.3) is 0 Å². The number of likely N-dealkylation sites (N-methyl/N-ethyl adjacent to an activating group) is 1. The van der Waals surface area contributed by atoms with Crippen molar-refractivity contribution in [3.05, 3.63) is 11.6 Å². The minimum absolute atomic E-state index is 0.751. The van der Waals surface area contributed by atoms with E-state index in [2.05, 4.69) is 18.3 Å². The zero-order valence-corrected chi connectivity index (χ0v) is 12.4. The molecule has 1 N–H and O–H groups in total. The normalized spacial score (nSPS) is 45.5. The molecule has 0 amide bonds. The van der Waals surface area contributed by atoms with Crippen LogP contribution in [0.25, 0.3) is 0 Å². The molecule has 3 saturated carbocycles. The summed E-state index contributed by atoms with van der Waals surface area (Å²) in [6.45, 7) is 3.43. The summed E-state index contributed by atoms with van der Waals surface area (Å²) in [5, 5.41) is 3.87. The van der Waals surface area contributed by atoms with Crippen molar-refractivity contribution in [3.63, 3.8) is 0 Å². The first-order valence-electron chi connectivity index (χ1n) is 8.82. The second-order valence-electron chi connectivity index (χ2n) is 7.48. The van der Waals surface area contributed by atoms with E-state index in [-0.39, 0.29) is 0 Å². The van der Waals surface area contributed by atoms with Crippen molar-refractivity contribution in [3.8, 4) is 0 Å². The Labute approximate surface area is 118 Å². The van der Waals surface area contributed by atoms with E-state index >= 15 is 0 Å². The molecule has 3 fully saturated rings. The zero-order valence-electron chi connectivity index (χ0n) is 12.4. The van der Waals surface area contributed by atoms with Gasteiger partial charge in [0.15, 0.2) is 0 Å². The Balaban J connectivity index is 1.51. The van der Waals surface area contributed by atoms with Crippen molar-refractivity contribution < 1.29 is 0 Å². The molecule has 4 aliphatic rings. The van der Waals surface area contributed by atoms with E-state index in [4.69, 9.17) is 0 Å². The summed E-state index contributed by atoms with van der Waals surface area (Å²) in [4.78, 5) is 0. The van der Waals surface area contributed by atoms with E-state index < -0.39 is 0 Å². The maximum Gasteiger partial charge on any atom is 0.0313 e. The fourth-order valence-electron chi connectivity index (χ4n) is 5.89. The van der Waals surface area contributed by atoms with Crippen LogP contribution >= 0.6 is 0 Å². The first-order chi connectivity index (χ1) is 9.40. The number of rotatable bonds is 4. The summed E-state index contributed by atoms with van der Waals surface area (Å²) >= 11 is 0. The van der Waals surface area contributed by atoms with E-state index in [9.17, 15) is 0 Å². The summed E-state index contributed by atoms with van der Waals surface area (Å²) < 4.78 is 0. The van der Waals surface area contributed by atoms with Gasteiger partial charge in [-0.1, -0.05) is 25.0 Å². The highest BCUT2D eigenvalue weighted by atomic mass is 14.9. The van der Waals surface area contributed by atoms with Crippen LogP contribution in [0.4, 0.5) is 0 Å². The summed E-state index contributed by atoms with van der Waals surface area (Å²) in [6, 6.07) is 0.751. The quantitative estimate of drug-likeness (QED) is 0.748. The lowest BCUT2D eigenvalue weighted by atomic mass is 9.90. The van der Waals surface area contributed by atoms with Crippen molar-refractivity contribution in [1.29, 1.82) is 0 Å². The van der Waals surface area contributed by atoms with Gasteiger partial charge in [0.05, 0.1) is 0 Å². The van der Waals surface area contributed by atoms with Crippen LogP contribution in [0.15, 0.2) is 11.6 Å². The van der Waals surface area contributed by atoms with Crippen LogP contribution in [0.3, 0.4) is 0 Å². The molecule has 0 aromatic heterocycles. The lowest BCUT2D eigenvalue weighted by Crippen LogP contribution is -2.35. The molecular weight excluding hydrogens is 230 g/mol. The third kappa shape index (κ3) is 2.00. The molecule has 0 aromatic carbocycles. The molecule has 4 rings (SSSR count). The molecule has 0 heterocycles. The van der Waals surface area contributed by atoms with E-state index in [0.717, 1.165) is 42.2 Å². The van der Waals surface area contributed by atoms with Crippen LogP contribution < -0.4 is 5.32 Å². The molecule has 2 bridgehead atoms. The Hall–Kier alpha value is -0.300.